The van der Waals surface area contributed by atoms with E-state index in [1.54, 1.807) is 12.1 Å². The molecule has 0 saturated carbocycles. The lowest BCUT2D eigenvalue weighted by Crippen LogP contribution is -1.95. The molecule has 0 amide bonds. The van der Waals surface area contributed by atoms with Crippen LogP contribution in [0.15, 0.2) is 60.2 Å². The Morgan fingerprint density at radius 1 is 1.04 bits per heavy atom. The summed E-state index contributed by atoms with van der Waals surface area (Å²) in [5.74, 6) is 0.439. The van der Waals surface area contributed by atoms with Crippen molar-refractivity contribution in [3.05, 3.63) is 71.1 Å². The number of hydrogen-bond donors (Lipinski definition) is 1. The molecule has 2 heterocycles. The van der Waals surface area contributed by atoms with Crippen molar-refractivity contribution in [1.82, 2.24) is 9.97 Å². The summed E-state index contributed by atoms with van der Waals surface area (Å²) in [6, 6.07) is 13.9. The van der Waals surface area contributed by atoms with Crippen LogP contribution in [0.1, 0.15) is 0 Å². The minimum absolute atomic E-state index is 0.258. The molecule has 24 heavy (non-hydrogen) atoms. The van der Waals surface area contributed by atoms with Crippen LogP contribution in [-0.4, -0.2) is 9.97 Å². The van der Waals surface area contributed by atoms with Gasteiger partial charge < -0.3 is 5.32 Å². The monoisotopic (exact) mass is 355 g/mol. The second-order valence-electron chi connectivity index (χ2n) is 5.19. The van der Waals surface area contributed by atoms with Crippen molar-refractivity contribution in [1.29, 1.82) is 0 Å². The predicted octanol–water partition coefficient (Wildman–Crippen LogP) is 5.89. The van der Waals surface area contributed by atoms with Gasteiger partial charge in [0.1, 0.15) is 22.8 Å². The molecular weight excluding hydrogens is 345 g/mol. The lowest BCUT2D eigenvalue weighted by molar-refractivity contribution is 0.628. The largest absolute Gasteiger partial charge is 0.340 e. The minimum Gasteiger partial charge on any atom is -0.340 e. The molecule has 118 valence electrons. The van der Waals surface area contributed by atoms with E-state index in [1.165, 1.54) is 29.8 Å². The van der Waals surface area contributed by atoms with Gasteiger partial charge in [-0.25, -0.2) is 14.4 Å². The van der Waals surface area contributed by atoms with Crippen molar-refractivity contribution < 1.29 is 4.39 Å². The van der Waals surface area contributed by atoms with Gasteiger partial charge in [-0.05, 0) is 35.9 Å². The molecule has 0 aliphatic rings. The normalized spacial score (nSPS) is 10.9. The van der Waals surface area contributed by atoms with Crippen LogP contribution < -0.4 is 5.32 Å². The lowest BCUT2D eigenvalue weighted by atomic mass is 10.1. The summed E-state index contributed by atoms with van der Waals surface area (Å²) in [5.41, 5.74) is 2.74. The number of halogens is 2. The van der Waals surface area contributed by atoms with E-state index in [9.17, 15) is 4.39 Å². The molecule has 1 N–H and O–H groups in total. The van der Waals surface area contributed by atoms with E-state index in [-0.39, 0.29) is 5.82 Å². The molecule has 0 aliphatic heterocycles. The maximum atomic E-state index is 13.2. The predicted molar refractivity (Wildman–Crippen MR) is 97.5 cm³/mol. The molecule has 0 bridgehead atoms. The summed E-state index contributed by atoms with van der Waals surface area (Å²) in [4.78, 5) is 9.58. The first-order valence-corrected chi connectivity index (χ1v) is 8.47. The number of thiophene rings is 1. The third kappa shape index (κ3) is 2.84. The van der Waals surface area contributed by atoms with Gasteiger partial charge in [0.25, 0.3) is 0 Å². The van der Waals surface area contributed by atoms with Crippen molar-refractivity contribution in [3.8, 4) is 11.1 Å². The Morgan fingerprint density at radius 3 is 2.67 bits per heavy atom. The van der Waals surface area contributed by atoms with Crippen LogP contribution in [-0.2, 0) is 0 Å². The number of hydrogen-bond acceptors (Lipinski definition) is 4. The van der Waals surface area contributed by atoms with Gasteiger partial charge in [0.15, 0.2) is 0 Å². The minimum atomic E-state index is -0.258. The smallest absolute Gasteiger partial charge is 0.143 e. The highest BCUT2D eigenvalue weighted by atomic mass is 35.5. The van der Waals surface area contributed by atoms with Crippen molar-refractivity contribution in [3.63, 3.8) is 0 Å². The van der Waals surface area contributed by atoms with E-state index >= 15 is 0 Å². The molecule has 0 aliphatic carbocycles. The van der Waals surface area contributed by atoms with E-state index in [2.05, 4.69) is 15.3 Å². The zero-order valence-corrected chi connectivity index (χ0v) is 13.9. The first kappa shape index (κ1) is 15.1. The molecule has 0 spiro atoms. The van der Waals surface area contributed by atoms with Gasteiger partial charge in [-0.15, -0.1) is 11.3 Å². The molecule has 2 aromatic carbocycles. The molecular formula is C18H11ClFN3S. The maximum absolute atomic E-state index is 13.2. The Bertz CT molecular complexity index is 1010. The molecule has 0 unspecified atom stereocenters. The fraction of sp³-hybridized carbons (Fsp3) is 0. The Kier molecular flexibility index (Phi) is 3.88. The number of rotatable bonds is 3. The number of benzene rings is 2. The first-order valence-electron chi connectivity index (χ1n) is 7.21. The average molecular weight is 356 g/mol. The molecule has 2 aromatic heterocycles. The Morgan fingerprint density at radius 2 is 1.88 bits per heavy atom. The SMILES string of the molecule is Fc1ccc(-c2csc3ncnc(Nc4cccc(Cl)c4)c23)cc1. The lowest BCUT2D eigenvalue weighted by Gasteiger charge is -2.08. The van der Waals surface area contributed by atoms with Gasteiger partial charge in [0.05, 0.1) is 5.39 Å². The van der Waals surface area contributed by atoms with Gasteiger partial charge >= 0.3 is 0 Å². The average Bonchev–Trinajstić information content (AvgIpc) is 3.01. The van der Waals surface area contributed by atoms with E-state index in [4.69, 9.17) is 11.6 Å². The van der Waals surface area contributed by atoms with Crippen LogP contribution in [0.4, 0.5) is 15.9 Å². The highest BCUT2D eigenvalue weighted by molar-refractivity contribution is 7.17. The van der Waals surface area contributed by atoms with Crippen LogP contribution in [0.25, 0.3) is 21.3 Å². The topological polar surface area (TPSA) is 37.8 Å². The highest BCUT2D eigenvalue weighted by Gasteiger charge is 2.13. The van der Waals surface area contributed by atoms with Crippen LogP contribution in [0.5, 0.6) is 0 Å². The number of nitrogens with zero attached hydrogens (tertiary/aromatic N) is 2. The van der Waals surface area contributed by atoms with E-state index in [0.29, 0.717) is 10.8 Å². The number of aromatic nitrogens is 2. The highest BCUT2D eigenvalue weighted by Crippen LogP contribution is 2.37. The molecule has 3 nitrogen and oxygen atoms in total. The molecule has 6 heteroatoms. The number of fused-ring (bicyclic) bond motifs is 1. The van der Waals surface area contributed by atoms with E-state index in [0.717, 1.165) is 27.0 Å². The summed E-state index contributed by atoms with van der Waals surface area (Å²) in [7, 11) is 0. The van der Waals surface area contributed by atoms with Gasteiger partial charge in [0.2, 0.25) is 0 Å². The Labute approximate surface area is 146 Å². The zero-order valence-electron chi connectivity index (χ0n) is 12.3. The molecule has 0 atom stereocenters. The number of nitrogens with one attached hydrogen (secondary N) is 1. The van der Waals surface area contributed by atoms with Gasteiger partial charge in [0, 0.05) is 21.7 Å². The Hall–Kier alpha value is -2.50. The summed E-state index contributed by atoms with van der Waals surface area (Å²) in [5, 5.41) is 6.86. The second kappa shape index (κ2) is 6.19. The molecule has 4 aromatic rings. The van der Waals surface area contributed by atoms with Crippen LogP contribution in [0, 0.1) is 5.82 Å². The molecule has 0 radical (unpaired) electrons. The third-order valence-electron chi connectivity index (χ3n) is 3.61. The Balaban J connectivity index is 1.84. The first-order chi connectivity index (χ1) is 11.7. The third-order valence-corrected chi connectivity index (χ3v) is 4.73. The fourth-order valence-corrected chi connectivity index (χ4v) is 3.62. The molecule has 0 saturated heterocycles. The van der Waals surface area contributed by atoms with Crippen molar-refractivity contribution in [2.24, 2.45) is 0 Å². The van der Waals surface area contributed by atoms with Crippen molar-refractivity contribution in [2.45, 2.75) is 0 Å². The van der Waals surface area contributed by atoms with Crippen molar-refractivity contribution in [2.75, 3.05) is 5.32 Å². The van der Waals surface area contributed by atoms with E-state index < -0.39 is 0 Å². The second-order valence-corrected chi connectivity index (χ2v) is 6.49. The quantitative estimate of drug-likeness (QED) is 0.497. The van der Waals surface area contributed by atoms with Gasteiger partial charge in [-0.2, -0.15) is 0 Å². The van der Waals surface area contributed by atoms with Crippen molar-refractivity contribution >= 4 is 44.7 Å². The van der Waals surface area contributed by atoms with Gasteiger partial charge in [-0.1, -0.05) is 29.8 Å². The zero-order chi connectivity index (χ0) is 16.5. The standard InChI is InChI=1S/C18H11ClFN3S/c19-12-2-1-3-14(8-12)23-17-16-15(9-24-18(16)22-10-21-17)11-4-6-13(20)7-5-11/h1-10H,(H,21,22,23). The van der Waals surface area contributed by atoms with Crippen LogP contribution in [0.3, 0.4) is 0 Å². The summed E-state index contributed by atoms with van der Waals surface area (Å²) in [6.45, 7) is 0. The number of anilines is 2. The summed E-state index contributed by atoms with van der Waals surface area (Å²) in [6.07, 6.45) is 1.53. The van der Waals surface area contributed by atoms with E-state index in [1.807, 2.05) is 29.6 Å². The summed E-state index contributed by atoms with van der Waals surface area (Å²) < 4.78 is 13.2. The van der Waals surface area contributed by atoms with Gasteiger partial charge in [-0.3, -0.25) is 0 Å². The summed E-state index contributed by atoms with van der Waals surface area (Å²) >= 11 is 7.57. The maximum Gasteiger partial charge on any atom is 0.143 e. The van der Waals surface area contributed by atoms with Crippen LogP contribution in [0.2, 0.25) is 5.02 Å². The van der Waals surface area contributed by atoms with Crippen LogP contribution >= 0.6 is 22.9 Å². The fourth-order valence-electron chi connectivity index (χ4n) is 2.51. The molecule has 0 fully saturated rings. The molecule has 4 rings (SSSR count).